The van der Waals surface area contributed by atoms with E-state index in [0.717, 1.165) is 33.8 Å². The molecule has 0 aliphatic rings. The first-order chi connectivity index (χ1) is 9.26. The highest BCUT2D eigenvalue weighted by atomic mass is 127. The Morgan fingerprint density at radius 3 is 2.65 bits per heavy atom. The molecule has 20 heavy (non-hydrogen) atoms. The highest BCUT2D eigenvalue weighted by molar-refractivity contribution is 7.21. The van der Waals surface area contributed by atoms with Crippen LogP contribution in [0.5, 0.6) is 0 Å². The molecule has 2 nitrogen and oxygen atoms in total. The second-order valence-electron chi connectivity index (χ2n) is 4.46. The zero-order chi connectivity index (χ0) is 13.2. The van der Waals surface area contributed by atoms with Crippen molar-refractivity contribution in [3.05, 3.63) is 48.5 Å². The average Bonchev–Trinajstić information content (AvgIpc) is 2.83. The van der Waals surface area contributed by atoms with E-state index in [9.17, 15) is 4.39 Å². The smallest absolute Gasteiger partial charge is 0.169 e. The van der Waals surface area contributed by atoms with Crippen LogP contribution in [0, 0.1) is 5.82 Å². The van der Waals surface area contributed by atoms with Crippen LogP contribution in [0.2, 0.25) is 0 Å². The predicted octanol–water partition coefficient (Wildman–Crippen LogP) is 0.804. The van der Waals surface area contributed by atoms with Crippen molar-refractivity contribution in [3.8, 4) is 10.6 Å². The number of nitrogens with zero attached hydrogens (tertiary/aromatic N) is 2. The van der Waals surface area contributed by atoms with Crippen LogP contribution < -0.4 is 28.5 Å². The summed E-state index contributed by atoms with van der Waals surface area (Å²) in [5, 5.41) is 0.934. The van der Waals surface area contributed by atoms with Crippen molar-refractivity contribution >= 4 is 21.6 Å². The standard InChI is InChI=1S/C15H14FN2S.HI/c1-2-7-18-8-5-11(6-9-18)15-17-13-4-3-12(16)10-14(13)19-15;/h3-6,8-10H,2,7H2,1H3;1H/q+1;/p-1. The number of hydrogen-bond acceptors (Lipinski definition) is 2. The van der Waals surface area contributed by atoms with Crippen LogP contribution in [0.15, 0.2) is 42.7 Å². The summed E-state index contributed by atoms with van der Waals surface area (Å²) in [6.45, 7) is 3.17. The maximum atomic E-state index is 13.2. The summed E-state index contributed by atoms with van der Waals surface area (Å²) < 4.78 is 16.2. The van der Waals surface area contributed by atoms with Gasteiger partial charge in [-0.2, -0.15) is 0 Å². The molecule has 0 saturated heterocycles. The second kappa shape index (κ2) is 6.58. The van der Waals surface area contributed by atoms with Crippen LogP contribution in [-0.2, 0) is 6.54 Å². The van der Waals surface area contributed by atoms with Gasteiger partial charge in [0.15, 0.2) is 12.4 Å². The van der Waals surface area contributed by atoms with Gasteiger partial charge in [0.05, 0.1) is 10.2 Å². The average molecular weight is 400 g/mol. The Kier molecular flexibility index (Phi) is 5.04. The fourth-order valence-corrected chi connectivity index (χ4v) is 3.03. The summed E-state index contributed by atoms with van der Waals surface area (Å²) in [7, 11) is 0. The third-order valence-electron chi connectivity index (χ3n) is 2.97. The second-order valence-corrected chi connectivity index (χ2v) is 5.49. The van der Waals surface area contributed by atoms with Crippen molar-refractivity contribution in [1.29, 1.82) is 0 Å². The molecule has 2 aromatic heterocycles. The zero-order valence-corrected chi connectivity index (χ0v) is 14.0. The molecular formula is C15H14FIN2S. The first-order valence-electron chi connectivity index (χ1n) is 6.32. The lowest BCUT2D eigenvalue weighted by Gasteiger charge is -1.95. The van der Waals surface area contributed by atoms with Gasteiger partial charge in [0, 0.05) is 24.1 Å². The molecular weight excluding hydrogens is 386 g/mol. The van der Waals surface area contributed by atoms with Gasteiger partial charge in [-0.15, -0.1) is 11.3 Å². The molecule has 3 aromatic rings. The van der Waals surface area contributed by atoms with Gasteiger partial charge in [0.25, 0.3) is 0 Å². The molecule has 0 amide bonds. The molecule has 0 N–H and O–H groups in total. The van der Waals surface area contributed by atoms with E-state index in [-0.39, 0.29) is 29.8 Å². The Balaban J connectivity index is 0.00000147. The van der Waals surface area contributed by atoms with Crippen LogP contribution in [0.4, 0.5) is 4.39 Å². The first-order valence-corrected chi connectivity index (χ1v) is 7.13. The molecule has 0 saturated carbocycles. The minimum Gasteiger partial charge on any atom is -1.00 e. The summed E-state index contributed by atoms with van der Waals surface area (Å²) in [6.07, 6.45) is 5.24. The molecule has 2 heterocycles. The monoisotopic (exact) mass is 400 g/mol. The number of aryl methyl sites for hydroxylation is 1. The number of benzene rings is 1. The van der Waals surface area contributed by atoms with Gasteiger partial charge in [-0.3, -0.25) is 0 Å². The lowest BCUT2D eigenvalue weighted by Crippen LogP contribution is -3.00. The molecule has 0 unspecified atom stereocenters. The molecule has 0 radical (unpaired) electrons. The Bertz CT molecular complexity index is 709. The molecule has 1 aromatic carbocycles. The summed E-state index contributed by atoms with van der Waals surface area (Å²) in [6, 6.07) is 8.83. The van der Waals surface area contributed by atoms with Gasteiger partial charge in [0.1, 0.15) is 17.4 Å². The van der Waals surface area contributed by atoms with Crippen LogP contribution in [0.3, 0.4) is 0 Å². The van der Waals surface area contributed by atoms with Crippen molar-refractivity contribution in [3.63, 3.8) is 0 Å². The number of thiazole rings is 1. The van der Waals surface area contributed by atoms with Crippen molar-refractivity contribution < 1.29 is 32.9 Å². The van der Waals surface area contributed by atoms with Gasteiger partial charge in [0.2, 0.25) is 0 Å². The zero-order valence-electron chi connectivity index (χ0n) is 11.0. The topological polar surface area (TPSA) is 16.8 Å². The van der Waals surface area contributed by atoms with Crippen LogP contribution >= 0.6 is 11.3 Å². The Hall–Kier alpha value is -1.08. The Labute approximate surface area is 138 Å². The molecule has 104 valence electrons. The highest BCUT2D eigenvalue weighted by Gasteiger charge is 2.08. The normalized spacial score (nSPS) is 10.5. The first kappa shape index (κ1) is 15.3. The van der Waals surface area contributed by atoms with E-state index in [2.05, 4.69) is 41.0 Å². The Morgan fingerprint density at radius 1 is 1.20 bits per heavy atom. The van der Waals surface area contributed by atoms with E-state index in [1.165, 1.54) is 23.5 Å². The number of halogens is 2. The maximum absolute atomic E-state index is 13.2. The summed E-state index contributed by atoms with van der Waals surface area (Å²) in [5.41, 5.74) is 1.93. The van der Waals surface area contributed by atoms with Gasteiger partial charge in [-0.25, -0.2) is 13.9 Å². The van der Waals surface area contributed by atoms with E-state index in [1.807, 2.05) is 0 Å². The fraction of sp³-hybridized carbons (Fsp3) is 0.200. The van der Waals surface area contributed by atoms with Crippen LogP contribution in [0.1, 0.15) is 13.3 Å². The third kappa shape index (κ3) is 3.15. The molecule has 0 bridgehead atoms. The van der Waals surface area contributed by atoms with Gasteiger partial charge >= 0.3 is 0 Å². The van der Waals surface area contributed by atoms with Crippen molar-refractivity contribution in [2.24, 2.45) is 0 Å². The van der Waals surface area contributed by atoms with E-state index < -0.39 is 0 Å². The van der Waals surface area contributed by atoms with Gasteiger partial charge in [-0.1, -0.05) is 6.92 Å². The molecule has 0 aliphatic heterocycles. The molecule has 0 spiro atoms. The Morgan fingerprint density at radius 2 is 1.95 bits per heavy atom. The fourth-order valence-electron chi connectivity index (χ4n) is 2.03. The molecule has 5 heteroatoms. The van der Waals surface area contributed by atoms with Crippen molar-refractivity contribution in [2.45, 2.75) is 19.9 Å². The van der Waals surface area contributed by atoms with Gasteiger partial charge in [-0.05, 0) is 18.2 Å². The lowest BCUT2D eigenvalue weighted by molar-refractivity contribution is -0.696. The minimum absolute atomic E-state index is 0. The lowest BCUT2D eigenvalue weighted by atomic mass is 10.3. The highest BCUT2D eigenvalue weighted by Crippen LogP contribution is 2.29. The molecule has 0 fully saturated rings. The number of fused-ring (bicyclic) bond motifs is 1. The largest absolute Gasteiger partial charge is 1.00 e. The minimum atomic E-state index is -0.212. The van der Waals surface area contributed by atoms with E-state index in [0.29, 0.717) is 0 Å². The number of pyridine rings is 1. The van der Waals surface area contributed by atoms with E-state index >= 15 is 0 Å². The van der Waals surface area contributed by atoms with Crippen molar-refractivity contribution in [1.82, 2.24) is 4.98 Å². The summed E-state index contributed by atoms with van der Waals surface area (Å²) in [4.78, 5) is 4.54. The predicted molar refractivity (Wildman–Crippen MR) is 75.5 cm³/mol. The number of aromatic nitrogens is 2. The quantitative estimate of drug-likeness (QED) is 0.470. The van der Waals surface area contributed by atoms with Gasteiger partial charge < -0.3 is 24.0 Å². The molecule has 0 atom stereocenters. The number of hydrogen-bond donors (Lipinski definition) is 0. The molecule has 0 aliphatic carbocycles. The third-order valence-corrected chi connectivity index (χ3v) is 4.04. The summed E-state index contributed by atoms with van der Waals surface area (Å²) in [5.74, 6) is -0.212. The van der Waals surface area contributed by atoms with Crippen LogP contribution in [0.25, 0.3) is 20.8 Å². The molecule has 3 rings (SSSR count). The SMILES string of the molecule is CCC[n+]1ccc(-c2nc3ccc(F)cc3s2)cc1.[I-]. The van der Waals surface area contributed by atoms with E-state index in [1.54, 1.807) is 6.07 Å². The van der Waals surface area contributed by atoms with Crippen molar-refractivity contribution in [2.75, 3.05) is 0 Å². The maximum Gasteiger partial charge on any atom is 0.169 e. The van der Waals surface area contributed by atoms with E-state index in [4.69, 9.17) is 0 Å². The summed E-state index contributed by atoms with van der Waals surface area (Å²) >= 11 is 1.52. The number of rotatable bonds is 3. The van der Waals surface area contributed by atoms with Crippen LogP contribution in [-0.4, -0.2) is 4.98 Å².